The molecule has 1 fully saturated rings. The monoisotopic (exact) mass is 414 g/mol. The van der Waals surface area contributed by atoms with E-state index >= 15 is 0 Å². The highest BCUT2D eigenvalue weighted by molar-refractivity contribution is 5.77. The predicted molar refractivity (Wildman–Crippen MR) is 119 cm³/mol. The molecule has 5 rings (SSSR count). The van der Waals surface area contributed by atoms with Gasteiger partial charge >= 0.3 is 0 Å². The van der Waals surface area contributed by atoms with Crippen molar-refractivity contribution < 1.29 is 0 Å². The van der Waals surface area contributed by atoms with Crippen molar-refractivity contribution >= 4 is 28.0 Å². The lowest BCUT2D eigenvalue weighted by Gasteiger charge is -2.28. The molecule has 9 heteroatoms. The van der Waals surface area contributed by atoms with Crippen LogP contribution in [0.25, 0.3) is 22.1 Å². The molecule has 1 saturated heterocycles. The number of piperazine rings is 1. The summed E-state index contributed by atoms with van der Waals surface area (Å²) in [6.07, 6.45) is 3.39. The first-order chi connectivity index (χ1) is 15.2. The molecule has 1 aliphatic rings. The van der Waals surface area contributed by atoms with E-state index in [0.29, 0.717) is 17.6 Å². The van der Waals surface area contributed by atoms with E-state index in [1.807, 2.05) is 28.8 Å². The van der Waals surface area contributed by atoms with Crippen LogP contribution in [0.5, 0.6) is 0 Å². The molecule has 0 aromatic carbocycles. The summed E-state index contributed by atoms with van der Waals surface area (Å²) in [5.74, 6) is 6.77. The third kappa shape index (κ3) is 3.62. The van der Waals surface area contributed by atoms with Crippen molar-refractivity contribution in [1.82, 2.24) is 34.6 Å². The second-order valence-corrected chi connectivity index (χ2v) is 7.35. The molecule has 31 heavy (non-hydrogen) atoms. The lowest BCUT2D eigenvalue weighted by molar-refractivity contribution is 0.572. The van der Waals surface area contributed by atoms with Gasteiger partial charge in [0.1, 0.15) is 11.0 Å². The molecule has 0 aliphatic carbocycles. The SMILES string of the molecule is CC#CCn1c(N2CCNCC2)nc2cnn(Cc3ccc4ncccc4n3)c(=O)c21. The van der Waals surface area contributed by atoms with Crippen LogP contribution in [-0.2, 0) is 13.1 Å². The number of nitrogens with zero attached hydrogens (tertiary/aromatic N) is 7. The fraction of sp³-hybridized carbons (Fsp3) is 0.318. The van der Waals surface area contributed by atoms with Crippen LogP contribution in [0.4, 0.5) is 5.95 Å². The Morgan fingerprint density at radius 3 is 2.81 bits per heavy atom. The molecule has 4 aromatic heterocycles. The minimum absolute atomic E-state index is 0.197. The van der Waals surface area contributed by atoms with E-state index in [9.17, 15) is 4.79 Å². The summed E-state index contributed by atoms with van der Waals surface area (Å²) in [4.78, 5) is 29.2. The Bertz CT molecular complexity index is 1370. The Balaban J connectivity index is 1.58. The van der Waals surface area contributed by atoms with Crippen LogP contribution in [0.3, 0.4) is 0 Å². The Hall–Kier alpha value is -3.77. The van der Waals surface area contributed by atoms with Gasteiger partial charge in [-0.1, -0.05) is 5.92 Å². The summed E-state index contributed by atoms with van der Waals surface area (Å²) in [6.45, 7) is 5.91. The minimum Gasteiger partial charge on any atom is -0.340 e. The highest BCUT2D eigenvalue weighted by atomic mass is 16.1. The van der Waals surface area contributed by atoms with Crippen LogP contribution >= 0.6 is 0 Å². The molecule has 0 atom stereocenters. The van der Waals surface area contributed by atoms with Crippen LogP contribution in [0.1, 0.15) is 12.6 Å². The third-order valence-electron chi connectivity index (χ3n) is 5.37. The Kier molecular flexibility index (Phi) is 5.06. The molecule has 9 nitrogen and oxygen atoms in total. The fourth-order valence-corrected chi connectivity index (χ4v) is 3.84. The number of pyridine rings is 2. The van der Waals surface area contributed by atoms with Crippen molar-refractivity contribution in [2.75, 3.05) is 31.1 Å². The number of imidazole rings is 1. The summed E-state index contributed by atoms with van der Waals surface area (Å²) in [7, 11) is 0. The molecule has 0 amide bonds. The molecule has 0 spiro atoms. The van der Waals surface area contributed by atoms with E-state index in [1.165, 1.54) is 4.68 Å². The van der Waals surface area contributed by atoms with Gasteiger partial charge in [0.2, 0.25) is 5.95 Å². The van der Waals surface area contributed by atoms with Gasteiger partial charge in [-0.15, -0.1) is 5.92 Å². The van der Waals surface area contributed by atoms with Gasteiger partial charge < -0.3 is 10.2 Å². The Morgan fingerprint density at radius 1 is 1.10 bits per heavy atom. The average Bonchev–Trinajstić information content (AvgIpc) is 3.19. The zero-order valence-electron chi connectivity index (χ0n) is 17.2. The second-order valence-electron chi connectivity index (χ2n) is 7.35. The summed E-state index contributed by atoms with van der Waals surface area (Å²) >= 11 is 0. The topological polar surface area (TPSA) is 93.8 Å². The average molecular weight is 414 g/mol. The standard InChI is InChI=1S/C22H22N8O/c1-2-3-11-29-20-19(27-22(29)28-12-9-23-10-13-28)14-25-30(21(20)31)15-16-6-7-17-18(26-16)5-4-8-24-17/h4-8,14,23H,9-13,15H2,1H3. The number of nitrogens with one attached hydrogen (secondary N) is 1. The fourth-order valence-electron chi connectivity index (χ4n) is 3.84. The second kappa shape index (κ2) is 8.16. The number of fused-ring (bicyclic) bond motifs is 2. The zero-order chi connectivity index (χ0) is 21.2. The van der Waals surface area contributed by atoms with Gasteiger partial charge in [0.25, 0.3) is 5.56 Å². The summed E-state index contributed by atoms with van der Waals surface area (Å²) in [5.41, 5.74) is 3.27. The van der Waals surface area contributed by atoms with E-state index in [4.69, 9.17) is 4.98 Å². The van der Waals surface area contributed by atoms with E-state index in [-0.39, 0.29) is 12.1 Å². The van der Waals surface area contributed by atoms with Crippen molar-refractivity contribution in [2.24, 2.45) is 0 Å². The number of hydrogen-bond donors (Lipinski definition) is 1. The smallest absolute Gasteiger partial charge is 0.293 e. The van der Waals surface area contributed by atoms with Crippen LogP contribution in [0.15, 0.2) is 41.5 Å². The molecular weight excluding hydrogens is 392 g/mol. The molecular formula is C22H22N8O. The quantitative estimate of drug-likeness (QED) is 0.498. The van der Waals surface area contributed by atoms with Gasteiger partial charge in [0.15, 0.2) is 0 Å². The van der Waals surface area contributed by atoms with Gasteiger partial charge in [-0.2, -0.15) is 5.10 Å². The number of rotatable bonds is 4. The number of anilines is 1. The van der Waals surface area contributed by atoms with Gasteiger partial charge in [0.05, 0.1) is 36.0 Å². The molecule has 0 unspecified atom stereocenters. The minimum atomic E-state index is -0.197. The molecule has 4 aromatic rings. The first-order valence-corrected chi connectivity index (χ1v) is 10.3. The zero-order valence-corrected chi connectivity index (χ0v) is 17.2. The van der Waals surface area contributed by atoms with E-state index < -0.39 is 0 Å². The van der Waals surface area contributed by atoms with Crippen LogP contribution in [-0.4, -0.2) is 55.5 Å². The maximum Gasteiger partial charge on any atom is 0.293 e. The summed E-state index contributed by atoms with van der Waals surface area (Å²) in [6, 6.07) is 7.54. The molecule has 1 N–H and O–H groups in total. The maximum atomic E-state index is 13.4. The van der Waals surface area contributed by atoms with Crippen molar-refractivity contribution in [3.05, 3.63) is 52.7 Å². The highest BCUT2D eigenvalue weighted by Gasteiger charge is 2.21. The molecule has 0 radical (unpaired) electrons. The molecule has 156 valence electrons. The van der Waals surface area contributed by atoms with Crippen LogP contribution < -0.4 is 15.8 Å². The summed E-state index contributed by atoms with van der Waals surface area (Å²) < 4.78 is 3.35. The van der Waals surface area contributed by atoms with E-state index in [2.05, 4.69) is 37.1 Å². The molecule has 0 bridgehead atoms. The maximum absolute atomic E-state index is 13.4. The molecule has 1 aliphatic heterocycles. The first-order valence-electron chi connectivity index (χ1n) is 10.3. The third-order valence-corrected chi connectivity index (χ3v) is 5.37. The predicted octanol–water partition coefficient (Wildman–Crippen LogP) is 1.02. The molecule has 5 heterocycles. The van der Waals surface area contributed by atoms with Crippen LogP contribution in [0.2, 0.25) is 0 Å². The van der Waals surface area contributed by atoms with Crippen molar-refractivity contribution in [3.63, 3.8) is 0 Å². The Labute approximate surface area is 178 Å². The normalized spacial score (nSPS) is 14.0. The van der Waals surface area contributed by atoms with Crippen molar-refractivity contribution in [3.8, 4) is 11.8 Å². The van der Waals surface area contributed by atoms with Gasteiger partial charge in [-0.05, 0) is 31.2 Å². The first kappa shape index (κ1) is 19.2. The largest absolute Gasteiger partial charge is 0.340 e. The van der Waals surface area contributed by atoms with Gasteiger partial charge in [-0.25, -0.2) is 14.6 Å². The lowest BCUT2D eigenvalue weighted by atomic mass is 10.3. The number of hydrogen-bond acceptors (Lipinski definition) is 7. The van der Waals surface area contributed by atoms with E-state index in [0.717, 1.165) is 48.9 Å². The number of aromatic nitrogens is 6. The summed E-state index contributed by atoms with van der Waals surface area (Å²) in [5, 5.41) is 7.71. The van der Waals surface area contributed by atoms with Crippen LogP contribution in [0, 0.1) is 11.8 Å². The molecule has 0 saturated carbocycles. The van der Waals surface area contributed by atoms with E-state index in [1.54, 1.807) is 19.3 Å². The van der Waals surface area contributed by atoms with Crippen molar-refractivity contribution in [1.29, 1.82) is 0 Å². The van der Waals surface area contributed by atoms with Crippen molar-refractivity contribution in [2.45, 2.75) is 20.0 Å². The lowest BCUT2D eigenvalue weighted by Crippen LogP contribution is -2.44. The highest BCUT2D eigenvalue weighted by Crippen LogP contribution is 2.20. The van der Waals surface area contributed by atoms with Gasteiger partial charge in [0, 0.05) is 32.4 Å². The van der Waals surface area contributed by atoms with Gasteiger partial charge in [-0.3, -0.25) is 14.3 Å². The Morgan fingerprint density at radius 2 is 1.97 bits per heavy atom.